The van der Waals surface area contributed by atoms with Crippen LogP contribution in [0.4, 0.5) is 4.79 Å². The van der Waals surface area contributed by atoms with E-state index in [4.69, 9.17) is 9.47 Å². The Balaban J connectivity index is 3.69. The van der Waals surface area contributed by atoms with Crippen LogP contribution in [-0.2, 0) is 9.47 Å². The van der Waals surface area contributed by atoms with E-state index >= 15 is 0 Å². The minimum Gasteiger partial charge on any atom is -0.435 e. The molecule has 0 aliphatic rings. The van der Waals surface area contributed by atoms with Crippen LogP contribution in [0.3, 0.4) is 0 Å². The van der Waals surface area contributed by atoms with Gasteiger partial charge >= 0.3 is 6.16 Å². The van der Waals surface area contributed by atoms with Gasteiger partial charge in [-0.3, -0.25) is 0 Å². The van der Waals surface area contributed by atoms with Gasteiger partial charge in [-0.15, -0.1) is 0 Å². The average Bonchev–Trinajstić information content (AvgIpc) is 2.29. The molecule has 0 spiro atoms. The van der Waals surface area contributed by atoms with E-state index in [1.165, 1.54) is 25.7 Å². The van der Waals surface area contributed by atoms with Crippen LogP contribution < -0.4 is 0 Å². The van der Waals surface area contributed by atoms with Crippen molar-refractivity contribution in [2.24, 2.45) is 0 Å². The van der Waals surface area contributed by atoms with Crippen molar-refractivity contribution in [3.63, 3.8) is 0 Å². The zero-order valence-corrected chi connectivity index (χ0v) is 11.7. The molecule has 17 heavy (non-hydrogen) atoms. The average molecular weight is 244 g/mol. The predicted molar refractivity (Wildman–Crippen MR) is 70.2 cm³/mol. The quantitative estimate of drug-likeness (QED) is 0.413. The van der Waals surface area contributed by atoms with E-state index in [9.17, 15) is 4.79 Å². The van der Waals surface area contributed by atoms with E-state index < -0.39 is 6.16 Å². The summed E-state index contributed by atoms with van der Waals surface area (Å²) in [5, 5.41) is 0. The molecule has 102 valence electrons. The van der Waals surface area contributed by atoms with Gasteiger partial charge in [-0.05, 0) is 26.2 Å². The van der Waals surface area contributed by atoms with Crippen molar-refractivity contribution in [3.05, 3.63) is 0 Å². The summed E-state index contributed by atoms with van der Waals surface area (Å²) in [5.74, 6) is 0. The molecule has 3 heteroatoms. The lowest BCUT2D eigenvalue weighted by Gasteiger charge is -2.16. The van der Waals surface area contributed by atoms with Crippen molar-refractivity contribution >= 4 is 6.16 Å². The van der Waals surface area contributed by atoms with Crippen LogP contribution in [0.15, 0.2) is 0 Å². The standard InChI is InChI=1S/C14H28O3/c1-4-7-8-9-10-12-13(11-5-2)17-14(15)16-6-3/h13H,4-12H2,1-3H3. The summed E-state index contributed by atoms with van der Waals surface area (Å²) >= 11 is 0. The zero-order valence-electron chi connectivity index (χ0n) is 11.7. The molecule has 0 N–H and O–H groups in total. The molecule has 0 bridgehead atoms. The van der Waals surface area contributed by atoms with Gasteiger partial charge in [0.15, 0.2) is 0 Å². The van der Waals surface area contributed by atoms with Crippen LogP contribution in [0.5, 0.6) is 0 Å². The molecule has 0 aliphatic heterocycles. The summed E-state index contributed by atoms with van der Waals surface area (Å²) in [7, 11) is 0. The highest BCUT2D eigenvalue weighted by Crippen LogP contribution is 2.14. The summed E-state index contributed by atoms with van der Waals surface area (Å²) in [5.41, 5.74) is 0. The van der Waals surface area contributed by atoms with Crippen molar-refractivity contribution in [1.82, 2.24) is 0 Å². The second-order valence-electron chi connectivity index (χ2n) is 4.41. The van der Waals surface area contributed by atoms with Crippen molar-refractivity contribution in [2.45, 2.75) is 78.2 Å². The Morgan fingerprint density at radius 2 is 1.65 bits per heavy atom. The van der Waals surface area contributed by atoms with Crippen LogP contribution in [0.25, 0.3) is 0 Å². The van der Waals surface area contributed by atoms with E-state index in [1.807, 2.05) is 0 Å². The molecule has 0 saturated heterocycles. The van der Waals surface area contributed by atoms with Crippen LogP contribution >= 0.6 is 0 Å². The number of carbonyl (C=O) groups is 1. The first-order valence-electron chi connectivity index (χ1n) is 7.07. The number of rotatable bonds is 10. The Kier molecular flexibility index (Phi) is 11.2. The molecular weight excluding hydrogens is 216 g/mol. The highest BCUT2D eigenvalue weighted by molar-refractivity contribution is 5.60. The molecule has 3 nitrogen and oxygen atoms in total. The smallest absolute Gasteiger partial charge is 0.435 e. The fourth-order valence-electron chi connectivity index (χ4n) is 1.85. The predicted octanol–water partition coefficient (Wildman–Crippen LogP) is 4.69. The Morgan fingerprint density at radius 1 is 0.941 bits per heavy atom. The summed E-state index contributed by atoms with van der Waals surface area (Å²) in [6.07, 6.45) is 8.70. The summed E-state index contributed by atoms with van der Waals surface area (Å²) in [4.78, 5) is 11.2. The van der Waals surface area contributed by atoms with Crippen molar-refractivity contribution in [1.29, 1.82) is 0 Å². The first-order valence-corrected chi connectivity index (χ1v) is 7.07. The van der Waals surface area contributed by atoms with Gasteiger partial charge in [-0.25, -0.2) is 4.79 Å². The fourth-order valence-corrected chi connectivity index (χ4v) is 1.85. The second kappa shape index (κ2) is 11.7. The summed E-state index contributed by atoms with van der Waals surface area (Å²) in [6.45, 7) is 6.50. The second-order valence-corrected chi connectivity index (χ2v) is 4.41. The van der Waals surface area contributed by atoms with Gasteiger partial charge in [0.1, 0.15) is 6.10 Å². The molecule has 0 heterocycles. The van der Waals surface area contributed by atoms with E-state index in [-0.39, 0.29) is 6.10 Å². The number of unbranched alkanes of at least 4 members (excludes halogenated alkanes) is 4. The van der Waals surface area contributed by atoms with Crippen molar-refractivity contribution in [2.75, 3.05) is 6.61 Å². The zero-order chi connectivity index (χ0) is 12.9. The summed E-state index contributed by atoms with van der Waals surface area (Å²) in [6, 6.07) is 0. The molecule has 0 aromatic rings. The monoisotopic (exact) mass is 244 g/mol. The largest absolute Gasteiger partial charge is 0.508 e. The van der Waals surface area contributed by atoms with Gasteiger partial charge < -0.3 is 9.47 Å². The molecule has 0 aromatic heterocycles. The molecule has 0 amide bonds. The third-order valence-electron chi connectivity index (χ3n) is 2.77. The van der Waals surface area contributed by atoms with Crippen LogP contribution in [0.2, 0.25) is 0 Å². The molecule has 0 aromatic carbocycles. The maximum atomic E-state index is 11.2. The lowest BCUT2D eigenvalue weighted by molar-refractivity contribution is 0.0195. The lowest BCUT2D eigenvalue weighted by Crippen LogP contribution is -2.19. The molecule has 0 radical (unpaired) electrons. The molecule has 0 fully saturated rings. The van der Waals surface area contributed by atoms with E-state index in [0.717, 1.165) is 25.7 Å². The van der Waals surface area contributed by atoms with Gasteiger partial charge in [-0.1, -0.05) is 46.0 Å². The van der Waals surface area contributed by atoms with Gasteiger partial charge in [0.25, 0.3) is 0 Å². The maximum absolute atomic E-state index is 11.2. The third kappa shape index (κ3) is 10.2. The first-order chi connectivity index (χ1) is 8.24. The van der Waals surface area contributed by atoms with Gasteiger partial charge in [0.05, 0.1) is 6.61 Å². The fraction of sp³-hybridized carbons (Fsp3) is 0.929. The van der Waals surface area contributed by atoms with Gasteiger partial charge in [-0.2, -0.15) is 0 Å². The topological polar surface area (TPSA) is 35.5 Å². The number of hydrogen-bond acceptors (Lipinski definition) is 3. The Morgan fingerprint density at radius 3 is 2.24 bits per heavy atom. The van der Waals surface area contributed by atoms with Crippen LogP contribution in [0.1, 0.15) is 72.1 Å². The van der Waals surface area contributed by atoms with E-state index in [0.29, 0.717) is 6.61 Å². The Bertz CT molecular complexity index is 180. The Labute approximate surface area is 106 Å². The van der Waals surface area contributed by atoms with E-state index in [1.54, 1.807) is 6.92 Å². The highest BCUT2D eigenvalue weighted by atomic mass is 16.7. The van der Waals surface area contributed by atoms with Crippen molar-refractivity contribution < 1.29 is 14.3 Å². The molecule has 0 aliphatic carbocycles. The van der Waals surface area contributed by atoms with Crippen LogP contribution in [0, 0.1) is 0 Å². The number of carbonyl (C=O) groups excluding carboxylic acids is 1. The SMILES string of the molecule is CCCCCCCC(CCC)OC(=O)OCC. The molecule has 1 atom stereocenters. The number of ether oxygens (including phenoxy) is 2. The molecular formula is C14H28O3. The van der Waals surface area contributed by atoms with Crippen molar-refractivity contribution in [3.8, 4) is 0 Å². The molecule has 0 rings (SSSR count). The highest BCUT2D eigenvalue weighted by Gasteiger charge is 2.13. The summed E-state index contributed by atoms with van der Waals surface area (Å²) < 4.78 is 10.1. The molecule has 1 unspecified atom stereocenters. The minimum absolute atomic E-state index is 0.0423. The minimum atomic E-state index is -0.514. The Hall–Kier alpha value is -0.730. The maximum Gasteiger partial charge on any atom is 0.508 e. The van der Waals surface area contributed by atoms with E-state index in [2.05, 4.69) is 13.8 Å². The third-order valence-corrected chi connectivity index (χ3v) is 2.77. The van der Waals surface area contributed by atoms with Gasteiger partial charge in [0.2, 0.25) is 0 Å². The lowest BCUT2D eigenvalue weighted by atomic mass is 10.1. The normalized spacial score (nSPS) is 12.2. The van der Waals surface area contributed by atoms with Crippen LogP contribution in [-0.4, -0.2) is 18.9 Å². The number of hydrogen-bond donors (Lipinski definition) is 0. The van der Waals surface area contributed by atoms with Gasteiger partial charge in [0, 0.05) is 0 Å². The first kappa shape index (κ1) is 16.3. The molecule has 0 saturated carbocycles.